The Labute approximate surface area is 894 Å². The van der Waals surface area contributed by atoms with Crippen molar-refractivity contribution >= 4 is 84.9 Å². The van der Waals surface area contributed by atoms with Crippen LogP contribution in [0.25, 0.3) is 161 Å². The zero-order chi connectivity index (χ0) is 96.3. The summed E-state index contributed by atoms with van der Waals surface area (Å²) >= 11 is 4.81. The van der Waals surface area contributed by atoms with E-state index in [0.29, 0.717) is 5.75 Å². The number of phenolic OH excluding ortho intramolecular Hbond substituents is 1. The largest absolute Gasteiger partial charge is 2.00 e. The van der Waals surface area contributed by atoms with E-state index < -0.39 is 0 Å². The normalized spacial score (nSPS) is 10.8. The molecular formula is C129H96N10O2Pt3S+2. The molecule has 0 saturated carbocycles. The molecule has 16 aromatic carbocycles. The molecule has 708 valence electrons. The minimum atomic E-state index is 0. The van der Waals surface area contributed by atoms with E-state index in [1.54, 1.807) is 24.3 Å². The third-order valence-electron chi connectivity index (χ3n) is 24.8. The second kappa shape index (κ2) is 47.8. The van der Waals surface area contributed by atoms with E-state index in [1.807, 2.05) is 207 Å². The van der Waals surface area contributed by atoms with Crippen molar-refractivity contribution in [3.05, 3.63) is 546 Å². The van der Waals surface area contributed by atoms with Crippen molar-refractivity contribution in [2.24, 2.45) is 21.1 Å². The van der Waals surface area contributed by atoms with Gasteiger partial charge >= 0.3 is 42.1 Å². The molecule has 25 rings (SSSR count). The minimum absolute atomic E-state index is 0. The van der Waals surface area contributed by atoms with E-state index in [9.17, 15) is 0 Å². The number of nitrogens with zero attached hydrogens (tertiary/aromatic N) is 10. The molecule has 12 nitrogen and oxygen atoms in total. The topological polar surface area (TPSA) is 107 Å². The quantitative estimate of drug-likeness (QED) is 0.0656. The van der Waals surface area contributed by atoms with Crippen molar-refractivity contribution in [1.82, 2.24) is 24.1 Å². The number of hydrogen-bond acceptors (Lipinski definition) is 7. The molecule has 0 atom stereocenters. The van der Waals surface area contributed by atoms with Crippen LogP contribution in [0.5, 0.6) is 17.2 Å². The maximum Gasteiger partial charge on any atom is 2.00 e. The van der Waals surface area contributed by atoms with Crippen LogP contribution in [0.4, 0.5) is 28.6 Å². The summed E-state index contributed by atoms with van der Waals surface area (Å²) in [7, 11) is 6.23. The third-order valence-corrected chi connectivity index (χ3v) is 25.0. The molecule has 0 saturated heterocycles. The molecule has 1 aliphatic rings. The summed E-state index contributed by atoms with van der Waals surface area (Å²) in [4.78, 5) is 17.1. The first-order valence-electron chi connectivity index (χ1n) is 47.0. The van der Waals surface area contributed by atoms with Gasteiger partial charge in [-0.15, -0.1) is 72.0 Å². The van der Waals surface area contributed by atoms with Crippen molar-refractivity contribution < 1.29 is 86.7 Å². The van der Waals surface area contributed by atoms with Crippen molar-refractivity contribution in [3.63, 3.8) is 0 Å². The van der Waals surface area contributed by atoms with Gasteiger partial charge in [-0.05, 0) is 174 Å². The van der Waals surface area contributed by atoms with Crippen molar-refractivity contribution in [3.8, 4) is 129 Å². The zero-order valence-electron chi connectivity index (χ0n) is 79.3. The number of aromatic nitrogens is 8. The summed E-state index contributed by atoms with van der Waals surface area (Å²) in [5.41, 5.74) is 29.7. The summed E-state index contributed by atoms with van der Waals surface area (Å²) in [6.45, 7) is 0. The van der Waals surface area contributed by atoms with E-state index in [0.717, 1.165) is 123 Å². The summed E-state index contributed by atoms with van der Waals surface area (Å²) in [5.74, 6) is 3.58. The van der Waals surface area contributed by atoms with Crippen LogP contribution in [0.3, 0.4) is 0 Å². The molecule has 1 N–H and O–H groups in total. The number of aryl methyl sites for hydroxylation is 3. The number of fused-ring (bicyclic) bond motifs is 8. The number of ether oxygens (including phenoxy) is 1. The molecule has 0 aliphatic carbocycles. The van der Waals surface area contributed by atoms with Gasteiger partial charge in [0.15, 0.2) is 18.6 Å². The van der Waals surface area contributed by atoms with Gasteiger partial charge in [-0.2, -0.15) is 4.90 Å². The number of para-hydroxylation sites is 7. The molecular weight excluding hydrogens is 2340 g/mol. The fourth-order valence-electron chi connectivity index (χ4n) is 17.6. The first kappa shape index (κ1) is 100. The number of benzene rings is 16. The molecule has 24 aromatic rings. The van der Waals surface area contributed by atoms with Crippen LogP contribution in [0.15, 0.2) is 527 Å². The van der Waals surface area contributed by atoms with Crippen molar-refractivity contribution in [2.45, 2.75) is 4.90 Å². The van der Waals surface area contributed by atoms with Gasteiger partial charge < -0.3 is 41.8 Å². The van der Waals surface area contributed by atoms with Crippen LogP contribution in [-0.4, -0.2) is 29.2 Å². The van der Waals surface area contributed by atoms with Gasteiger partial charge in [0.05, 0.1) is 17.0 Å². The van der Waals surface area contributed by atoms with Gasteiger partial charge in [0.1, 0.15) is 67.0 Å². The molecule has 0 radical (unpaired) electrons. The van der Waals surface area contributed by atoms with Gasteiger partial charge in [-0.25, -0.2) is 28.7 Å². The zero-order valence-corrected chi connectivity index (χ0v) is 87.0. The predicted octanol–water partition coefficient (Wildman–Crippen LogP) is 30.9. The second-order valence-electron chi connectivity index (χ2n) is 34.0. The molecule has 9 heterocycles. The number of hydrogen-bond donors (Lipinski definition) is 1. The Hall–Kier alpha value is -16.5. The number of aromatic hydroxyl groups is 1. The maximum absolute atomic E-state index is 8.63. The van der Waals surface area contributed by atoms with Gasteiger partial charge in [0, 0.05) is 79.8 Å². The summed E-state index contributed by atoms with van der Waals surface area (Å²) < 4.78 is 17.1. The molecule has 0 bridgehead atoms. The van der Waals surface area contributed by atoms with Gasteiger partial charge in [0.25, 0.3) is 0 Å². The first-order chi connectivity index (χ1) is 70.0. The Bertz CT molecular complexity index is 8290. The SMILES string of the molecule is C[n+]1ccc(-c2ccc(-c3ccccc3)cc2)cc1-c1[c-]c(-n2c3ccccc3c3cccnc32)ccc1.C[n+]1ccc(-c2ccc(-c3ccccc3)cc2)cc1-c1[c-]c2c(cc1)Oc1ccccc1N2c1ccccn1.C[n+]1ccc(-c2ccc(-c3ccccc3)cc2)cc1-c1[c-]c2c(cc1)c1ccccc1n2-c1ccccn1.Oc1ccccc1.[Pt+2].[Pt+2].[Pt].[S-]c1ccccc1.c1ccc([N-]c2ccccc2)cc1. The van der Waals surface area contributed by atoms with Crippen LogP contribution < -0.4 is 23.3 Å². The average Bonchev–Trinajstić information content (AvgIpc) is 1.08. The molecule has 1 aliphatic heterocycles. The van der Waals surface area contributed by atoms with Gasteiger partial charge in [-0.1, -0.05) is 356 Å². The van der Waals surface area contributed by atoms with Gasteiger partial charge in [0.2, 0.25) is 0 Å². The van der Waals surface area contributed by atoms with Crippen LogP contribution in [0.2, 0.25) is 0 Å². The Balaban J connectivity index is 0.000000130. The van der Waals surface area contributed by atoms with E-state index in [-0.39, 0.29) is 63.2 Å². The fraction of sp³-hybridized carbons (Fsp3) is 0.0233. The first-order valence-corrected chi connectivity index (χ1v) is 47.5. The average molecular weight is 2440 g/mol. The summed E-state index contributed by atoms with van der Waals surface area (Å²) in [5, 5.41) is 17.8. The molecule has 8 aromatic heterocycles. The molecule has 145 heavy (non-hydrogen) atoms. The molecule has 0 spiro atoms. The molecule has 0 amide bonds. The Morgan fingerprint density at radius 1 is 0.297 bits per heavy atom. The number of anilines is 3. The van der Waals surface area contributed by atoms with E-state index in [2.05, 4.69) is 374 Å². The maximum atomic E-state index is 8.63. The minimum Gasteiger partial charge on any atom is -0.780 e. The van der Waals surface area contributed by atoms with Crippen molar-refractivity contribution in [1.29, 1.82) is 0 Å². The monoisotopic (exact) mass is 2430 g/mol. The van der Waals surface area contributed by atoms with E-state index in [4.69, 9.17) is 27.5 Å². The van der Waals surface area contributed by atoms with E-state index >= 15 is 0 Å². The third kappa shape index (κ3) is 23.5. The smallest absolute Gasteiger partial charge is 0.780 e. The molecule has 0 unspecified atom stereocenters. The second-order valence-corrected chi connectivity index (χ2v) is 34.5. The Morgan fingerprint density at radius 3 is 1.14 bits per heavy atom. The molecule has 16 heteroatoms. The van der Waals surface area contributed by atoms with E-state index in [1.165, 1.54) is 77.4 Å². The van der Waals surface area contributed by atoms with Crippen LogP contribution in [-0.2, 0) is 97.0 Å². The van der Waals surface area contributed by atoms with Crippen molar-refractivity contribution in [2.75, 3.05) is 4.90 Å². The fourth-order valence-corrected chi connectivity index (χ4v) is 17.8. The van der Waals surface area contributed by atoms with Crippen LogP contribution in [0, 0.1) is 18.2 Å². The van der Waals surface area contributed by atoms with Gasteiger partial charge in [-0.3, -0.25) is 0 Å². The Morgan fingerprint density at radius 2 is 0.676 bits per heavy atom. The predicted molar refractivity (Wildman–Crippen MR) is 581 cm³/mol. The van der Waals surface area contributed by atoms with Crippen LogP contribution in [0.1, 0.15) is 0 Å². The Kier molecular flexibility index (Phi) is 33.0. The van der Waals surface area contributed by atoms with Crippen LogP contribution >= 0.6 is 0 Å². The summed E-state index contributed by atoms with van der Waals surface area (Å²) in [6, 6.07) is 176. The summed E-state index contributed by atoms with van der Waals surface area (Å²) in [6.07, 6.45) is 11.9. The number of rotatable bonds is 14. The number of pyridine rings is 6. The number of phenols is 1. The molecule has 0 fully saturated rings. The standard InChI is InChI=1S/C35H25N3O.2C35H25N3.C12H10N.C6H6O.C6H6S.3Pt/c1-37-22-20-28(27-16-14-26(15-17-27)25-9-3-2-4-10-25)23-31(37)29-18-19-34-32(24-29)38(35-13-7-8-21-36-35)30-11-5-6-12-33(30)39-34;1-37-22-20-28(27-18-16-26(17-19-27)25-9-3-2-4-10-25)24-34(37)29-11-7-12-30(23-29)38-33-15-6-5-13-31(33)32-14-8-21-36-35(32)38;1-37-22-20-28(27-16-14-26(15-17-27)25-9-3-2-4-10-25)23-33(37)29-18-19-31-30-11-5-6-12-32(30)38(34(31)24-29)35-13-7-8-21-36-35;1-3-7-11(8-4-1)13-12-9-5-2-6-10-12;2*7-6-4-2-1-3-5-6;;;/h2-23H,1H3;2-22,24H,1H3;2-23H,1H3;1-10H;2*1-5,7H;;;/q;;;-1;;;;2*+2/p-1.